The Morgan fingerprint density at radius 1 is 0.719 bits per heavy atom. The average Bonchev–Trinajstić information content (AvgIpc) is 2.79. The van der Waals surface area contributed by atoms with Crippen LogP contribution in [-0.4, -0.2) is 34.9 Å². The first kappa shape index (κ1) is 30.9. The zero-order valence-corrected chi connectivity index (χ0v) is 21.2. The quantitative estimate of drug-likeness (QED) is 0.116. The molecule has 0 heterocycles. The Hall–Kier alpha value is -1.13. The van der Waals surface area contributed by atoms with E-state index < -0.39 is 12.1 Å². The van der Waals surface area contributed by atoms with Gasteiger partial charge in [-0.3, -0.25) is 4.79 Å². The van der Waals surface area contributed by atoms with Crippen molar-refractivity contribution in [2.45, 2.75) is 142 Å². The number of rotatable bonds is 23. The van der Waals surface area contributed by atoms with Gasteiger partial charge in [-0.15, -0.1) is 0 Å². The molecule has 3 N–H and O–H groups in total. The van der Waals surface area contributed by atoms with Gasteiger partial charge in [0.05, 0.1) is 18.8 Å². The summed E-state index contributed by atoms with van der Waals surface area (Å²) in [5, 5.41) is 22.5. The van der Waals surface area contributed by atoms with Gasteiger partial charge < -0.3 is 15.5 Å². The summed E-state index contributed by atoms with van der Waals surface area (Å²) in [6.07, 6.45) is 28.2. The molecule has 0 saturated carbocycles. The van der Waals surface area contributed by atoms with E-state index >= 15 is 0 Å². The van der Waals surface area contributed by atoms with Crippen LogP contribution in [0.15, 0.2) is 24.3 Å². The van der Waals surface area contributed by atoms with E-state index in [1.807, 2.05) is 6.08 Å². The molecule has 0 spiro atoms. The molecule has 1 amide bonds. The minimum Gasteiger partial charge on any atom is -0.394 e. The third kappa shape index (κ3) is 20.8. The summed E-state index contributed by atoms with van der Waals surface area (Å²) >= 11 is 0. The van der Waals surface area contributed by atoms with Crippen LogP contribution in [0.5, 0.6) is 0 Å². The van der Waals surface area contributed by atoms with Crippen LogP contribution in [0.3, 0.4) is 0 Å². The third-order valence-electron chi connectivity index (χ3n) is 5.94. The van der Waals surface area contributed by atoms with Crippen molar-refractivity contribution in [3.8, 4) is 0 Å². The Morgan fingerprint density at radius 2 is 1.22 bits per heavy atom. The molecule has 0 aliphatic carbocycles. The molecule has 32 heavy (non-hydrogen) atoms. The number of nitrogens with one attached hydrogen (secondary N) is 1. The highest BCUT2D eigenvalue weighted by Gasteiger charge is 2.17. The SMILES string of the molecule is CCCC/C=C/CC/C=C/C(O)C(CO)NC(=O)CCCCCCCCCCCCCC. The Bertz CT molecular complexity index is 462. The highest BCUT2D eigenvalue weighted by Crippen LogP contribution is 2.12. The van der Waals surface area contributed by atoms with Crippen LogP contribution in [0.4, 0.5) is 0 Å². The first-order valence-electron chi connectivity index (χ1n) is 13.6. The maximum Gasteiger partial charge on any atom is 0.220 e. The molecular formula is C28H53NO3. The number of hydrogen-bond acceptors (Lipinski definition) is 3. The number of aliphatic hydroxyl groups is 2. The molecule has 0 bridgehead atoms. The second-order valence-electron chi connectivity index (χ2n) is 9.11. The van der Waals surface area contributed by atoms with Crippen LogP contribution in [-0.2, 0) is 4.79 Å². The number of carbonyl (C=O) groups is 1. The van der Waals surface area contributed by atoms with Crippen molar-refractivity contribution in [3.63, 3.8) is 0 Å². The molecule has 2 unspecified atom stereocenters. The highest BCUT2D eigenvalue weighted by atomic mass is 16.3. The van der Waals surface area contributed by atoms with E-state index in [-0.39, 0.29) is 12.5 Å². The largest absolute Gasteiger partial charge is 0.394 e. The summed E-state index contributed by atoms with van der Waals surface area (Å²) in [5.74, 6) is -0.0811. The number of carbonyl (C=O) groups excluding carboxylic acids is 1. The molecule has 0 aliphatic rings. The standard InChI is InChI=1S/C28H53NO3/c1-3-5-7-9-11-13-14-15-16-18-20-22-24-28(32)29-26(25-30)27(31)23-21-19-17-12-10-8-6-4-2/h10,12,21,23,26-27,30-31H,3-9,11,13-20,22,24-25H2,1-2H3,(H,29,32)/b12-10+,23-21+. The van der Waals surface area contributed by atoms with Gasteiger partial charge >= 0.3 is 0 Å². The smallest absolute Gasteiger partial charge is 0.220 e. The summed E-state index contributed by atoms with van der Waals surface area (Å²) in [6.45, 7) is 4.19. The van der Waals surface area contributed by atoms with Gasteiger partial charge in [0.2, 0.25) is 5.91 Å². The lowest BCUT2D eigenvalue weighted by Gasteiger charge is -2.19. The molecule has 0 aromatic carbocycles. The molecule has 4 heteroatoms. The van der Waals surface area contributed by atoms with E-state index in [4.69, 9.17) is 0 Å². The topological polar surface area (TPSA) is 69.6 Å². The lowest BCUT2D eigenvalue weighted by atomic mass is 10.0. The molecule has 2 atom stereocenters. The van der Waals surface area contributed by atoms with Crippen LogP contribution in [0, 0.1) is 0 Å². The van der Waals surface area contributed by atoms with Gasteiger partial charge in [-0.2, -0.15) is 0 Å². The summed E-state index contributed by atoms with van der Waals surface area (Å²) in [4.78, 5) is 12.1. The third-order valence-corrected chi connectivity index (χ3v) is 5.94. The van der Waals surface area contributed by atoms with Crippen LogP contribution >= 0.6 is 0 Å². The van der Waals surface area contributed by atoms with Crippen molar-refractivity contribution in [2.24, 2.45) is 0 Å². The summed E-state index contributed by atoms with van der Waals surface area (Å²) in [6, 6.07) is -0.629. The molecular weight excluding hydrogens is 398 g/mol. The van der Waals surface area contributed by atoms with E-state index in [2.05, 4.69) is 31.3 Å². The lowest BCUT2D eigenvalue weighted by Crippen LogP contribution is -2.45. The molecule has 0 rings (SSSR count). The van der Waals surface area contributed by atoms with E-state index in [1.165, 1.54) is 77.0 Å². The van der Waals surface area contributed by atoms with Gasteiger partial charge in [0.15, 0.2) is 0 Å². The van der Waals surface area contributed by atoms with Crippen LogP contribution < -0.4 is 5.32 Å². The lowest BCUT2D eigenvalue weighted by molar-refractivity contribution is -0.123. The predicted octanol–water partition coefficient (Wildman–Crippen LogP) is 7.00. The number of hydrogen-bond donors (Lipinski definition) is 3. The van der Waals surface area contributed by atoms with Gasteiger partial charge in [-0.25, -0.2) is 0 Å². The Balaban J connectivity index is 3.73. The zero-order valence-electron chi connectivity index (χ0n) is 21.2. The highest BCUT2D eigenvalue weighted by molar-refractivity contribution is 5.76. The summed E-state index contributed by atoms with van der Waals surface area (Å²) in [5.41, 5.74) is 0. The normalized spacial score (nSPS) is 13.8. The van der Waals surface area contributed by atoms with E-state index in [9.17, 15) is 15.0 Å². The fourth-order valence-electron chi connectivity index (χ4n) is 3.76. The van der Waals surface area contributed by atoms with Crippen LogP contribution in [0.1, 0.15) is 129 Å². The number of aliphatic hydroxyl groups excluding tert-OH is 2. The summed E-state index contributed by atoms with van der Waals surface area (Å²) in [7, 11) is 0. The van der Waals surface area contributed by atoms with Crippen molar-refractivity contribution >= 4 is 5.91 Å². The number of amides is 1. The first-order valence-corrected chi connectivity index (χ1v) is 13.6. The van der Waals surface area contributed by atoms with E-state index in [0.717, 1.165) is 32.1 Å². The molecule has 0 aliphatic heterocycles. The molecule has 0 aromatic rings. The van der Waals surface area contributed by atoms with E-state index in [1.54, 1.807) is 6.08 Å². The minimum absolute atomic E-state index is 0.0811. The Kier molecular flexibility index (Phi) is 23.6. The van der Waals surface area contributed by atoms with Crippen molar-refractivity contribution in [1.29, 1.82) is 0 Å². The zero-order chi connectivity index (χ0) is 23.7. The monoisotopic (exact) mass is 451 g/mol. The Morgan fingerprint density at radius 3 is 1.78 bits per heavy atom. The molecule has 4 nitrogen and oxygen atoms in total. The maximum atomic E-state index is 12.1. The van der Waals surface area contributed by atoms with Crippen molar-refractivity contribution in [3.05, 3.63) is 24.3 Å². The van der Waals surface area contributed by atoms with Crippen LogP contribution in [0.2, 0.25) is 0 Å². The first-order chi connectivity index (χ1) is 15.7. The fraction of sp³-hybridized carbons (Fsp3) is 0.821. The molecule has 0 saturated heterocycles. The van der Waals surface area contributed by atoms with Crippen LogP contribution in [0.25, 0.3) is 0 Å². The maximum absolute atomic E-state index is 12.1. The minimum atomic E-state index is -0.852. The molecule has 188 valence electrons. The fourth-order valence-corrected chi connectivity index (χ4v) is 3.76. The van der Waals surface area contributed by atoms with Gasteiger partial charge in [-0.1, -0.05) is 122 Å². The second kappa shape index (κ2) is 24.5. The molecule has 0 fully saturated rings. The van der Waals surface area contributed by atoms with Gasteiger partial charge in [0.1, 0.15) is 0 Å². The van der Waals surface area contributed by atoms with Gasteiger partial charge in [-0.05, 0) is 25.7 Å². The predicted molar refractivity (Wildman–Crippen MR) is 138 cm³/mol. The van der Waals surface area contributed by atoms with Gasteiger partial charge in [0.25, 0.3) is 0 Å². The van der Waals surface area contributed by atoms with Gasteiger partial charge in [0, 0.05) is 6.42 Å². The van der Waals surface area contributed by atoms with Crippen molar-refractivity contribution in [1.82, 2.24) is 5.32 Å². The average molecular weight is 452 g/mol. The number of allylic oxidation sites excluding steroid dienone is 3. The van der Waals surface area contributed by atoms with Crippen molar-refractivity contribution < 1.29 is 15.0 Å². The van der Waals surface area contributed by atoms with Crippen molar-refractivity contribution in [2.75, 3.05) is 6.61 Å². The number of unbranched alkanes of at least 4 members (excludes halogenated alkanes) is 14. The Labute approximate surface area is 199 Å². The van der Waals surface area contributed by atoms with E-state index in [0.29, 0.717) is 6.42 Å². The molecule has 0 radical (unpaired) electrons. The second-order valence-corrected chi connectivity index (χ2v) is 9.11. The summed E-state index contributed by atoms with van der Waals surface area (Å²) < 4.78 is 0. The molecule has 0 aromatic heterocycles.